The predicted molar refractivity (Wildman–Crippen MR) is 70.0 cm³/mol. The van der Waals surface area contributed by atoms with Gasteiger partial charge in [-0.3, -0.25) is 9.59 Å². The SMILES string of the molecule is O=C(Cc1ccc(CBr)cc1)ON1C(=O)CCC1=O. The molecular weight excluding hydrogens is 314 g/mol. The number of halogens is 1. The molecule has 1 aliphatic rings. The average molecular weight is 326 g/mol. The highest BCUT2D eigenvalue weighted by Crippen LogP contribution is 2.14. The van der Waals surface area contributed by atoms with Crippen LogP contribution in [-0.4, -0.2) is 22.8 Å². The minimum Gasteiger partial charge on any atom is -0.330 e. The molecule has 2 amide bonds. The summed E-state index contributed by atoms with van der Waals surface area (Å²) in [5, 5.41) is 1.31. The van der Waals surface area contributed by atoms with Gasteiger partial charge in [-0.15, -0.1) is 5.06 Å². The van der Waals surface area contributed by atoms with E-state index in [9.17, 15) is 14.4 Å². The van der Waals surface area contributed by atoms with Crippen LogP contribution in [0.2, 0.25) is 0 Å². The molecule has 2 rings (SSSR count). The molecule has 0 saturated carbocycles. The van der Waals surface area contributed by atoms with Crippen molar-refractivity contribution in [3.05, 3.63) is 35.4 Å². The molecule has 0 aliphatic carbocycles. The lowest BCUT2D eigenvalue weighted by Gasteiger charge is -2.12. The van der Waals surface area contributed by atoms with Crippen LogP contribution in [0.25, 0.3) is 0 Å². The fraction of sp³-hybridized carbons (Fsp3) is 0.308. The summed E-state index contributed by atoms with van der Waals surface area (Å²) in [6.07, 6.45) is 0.234. The van der Waals surface area contributed by atoms with Gasteiger partial charge in [0.15, 0.2) is 0 Å². The van der Waals surface area contributed by atoms with Crippen molar-refractivity contribution in [2.75, 3.05) is 0 Å². The van der Waals surface area contributed by atoms with Gasteiger partial charge in [0, 0.05) is 18.2 Å². The fourth-order valence-electron chi connectivity index (χ4n) is 1.70. The van der Waals surface area contributed by atoms with E-state index in [1.54, 1.807) is 0 Å². The fourth-order valence-corrected chi connectivity index (χ4v) is 2.08. The summed E-state index contributed by atoms with van der Waals surface area (Å²) in [5.74, 6) is -1.55. The van der Waals surface area contributed by atoms with Gasteiger partial charge in [0.05, 0.1) is 6.42 Å². The van der Waals surface area contributed by atoms with Crippen molar-refractivity contribution in [3.63, 3.8) is 0 Å². The van der Waals surface area contributed by atoms with E-state index in [4.69, 9.17) is 4.84 Å². The third-order valence-electron chi connectivity index (χ3n) is 2.72. The summed E-state index contributed by atoms with van der Waals surface area (Å²) < 4.78 is 0. The van der Waals surface area contributed by atoms with Crippen LogP contribution in [0.3, 0.4) is 0 Å². The van der Waals surface area contributed by atoms with Gasteiger partial charge in [0.1, 0.15) is 0 Å². The Morgan fingerprint density at radius 2 is 1.63 bits per heavy atom. The van der Waals surface area contributed by atoms with Gasteiger partial charge in [-0.25, -0.2) is 4.79 Å². The van der Waals surface area contributed by atoms with Gasteiger partial charge in [0.2, 0.25) is 0 Å². The lowest BCUT2D eigenvalue weighted by molar-refractivity contribution is -0.197. The molecule has 100 valence electrons. The Kier molecular flexibility index (Phi) is 4.31. The molecule has 0 atom stereocenters. The molecule has 0 bridgehead atoms. The van der Waals surface area contributed by atoms with E-state index in [1.807, 2.05) is 24.3 Å². The summed E-state index contributed by atoms with van der Waals surface area (Å²) in [4.78, 5) is 39.0. The molecule has 1 saturated heterocycles. The van der Waals surface area contributed by atoms with Gasteiger partial charge in [-0.05, 0) is 11.1 Å². The first kappa shape index (κ1) is 13.7. The maximum absolute atomic E-state index is 11.6. The first-order valence-electron chi connectivity index (χ1n) is 5.80. The number of amides is 2. The molecule has 6 heteroatoms. The number of alkyl halides is 1. The molecule has 0 aromatic heterocycles. The Bertz CT molecular complexity index is 496. The van der Waals surface area contributed by atoms with Gasteiger partial charge in [0.25, 0.3) is 11.8 Å². The second-order valence-corrected chi connectivity index (χ2v) is 4.73. The molecule has 1 fully saturated rings. The third kappa shape index (κ3) is 3.41. The molecule has 1 aromatic carbocycles. The van der Waals surface area contributed by atoms with Crippen LogP contribution >= 0.6 is 15.9 Å². The third-order valence-corrected chi connectivity index (χ3v) is 3.37. The van der Waals surface area contributed by atoms with Crippen LogP contribution < -0.4 is 0 Å². The van der Waals surface area contributed by atoms with Gasteiger partial charge < -0.3 is 4.84 Å². The molecule has 0 spiro atoms. The number of carbonyl (C=O) groups excluding carboxylic acids is 3. The average Bonchev–Trinajstić information content (AvgIpc) is 2.71. The molecule has 1 heterocycles. The zero-order valence-electron chi connectivity index (χ0n) is 10.1. The number of benzene rings is 1. The lowest BCUT2D eigenvalue weighted by Crippen LogP contribution is -2.32. The van der Waals surface area contributed by atoms with E-state index < -0.39 is 17.8 Å². The van der Waals surface area contributed by atoms with Crippen molar-refractivity contribution >= 4 is 33.7 Å². The molecule has 0 N–H and O–H groups in total. The highest BCUT2D eigenvalue weighted by atomic mass is 79.9. The summed E-state index contributed by atoms with van der Waals surface area (Å²) in [7, 11) is 0. The first-order valence-corrected chi connectivity index (χ1v) is 6.92. The molecule has 19 heavy (non-hydrogen) atoms. The number of imide groups is 1. The normalized spacial score (nSPS) is 14.9. The maximum Gasteiger partial charge on any atom is 0.337 e. The van der Waals surface area contributed by atoms with E-state index in [2.05, 4.69) is 15.9 Å². The van der Waals surface area contributed by atoms with Crippen LogP contribution in [0.1, 0.15) is 24.0 Å². The zero-order valence-corrected chi connectivity index (χ0v) is 11.7. The van der Waals surface area contributed by atoms with Gasteiger partial charge in [-0.2, -0.15) is 0 Å². The summed E-state index contributed by atoms with van der Waals surface area (Å²) in [6, 6.07) is 7.41. The van der Waals surface area contributed by atoms with Crippen molar-refractivity contribution in [1.29, 1.82) is 0 Å². The van der Waals surface area contributed by atoms with E-state index in [-0.39, 0.29) is 19.3 Å². The molecule has 5 nitrogen and oxygen atoms in total. The van der Waals surface area contributed by atoms with Crippen molar-refractivity contribution < 1.29 is 19.2 Å². The first-order chi connectivity index (χ1) is 9.10. The van der Waals surface area contributed by atoms with Crippen molar-refractivity contribution in [2.24, 2.45) is 0 Å². The monoisotopic (exact) mass is 325 g/mol. The van der Waals surface area contributed by atoms with Crippen LogP contribution in [0.5, 0.6) is 0 Å². The topological polar surface area (TPSA) is 63.7 Å². The van der Waals surface area contributed by atoms with E-state index >= 15 is 0 Å². The minimum absolute atomic E-state index is 0.0274. The summed E-state index contributed by atoms with van der Waals surface area (Å²) in [6.45, 7) is 0. The van der Waals surface area contributed by atoms with E-state index in [0.29, 0.717) is 5.06 Å². The molecular formula is C13H12BrNO4. The van der Waals surface area contributed by atoms with Crippen molar-refractivity contribution in [3.8, 4) is 0 Å². The Balaban J connectivity index is 1.93. The van der Waals surface area contributed by atoms with Gasteiger partial charge in [-0.1, -0.05) is 40.2 Å². The number of hydrogen-bond acceptors (Lipinski definition) is 4. The Morgan fingerprint density at radius 3 is 2.16 bits per heavy atom. The number of carbonyl (C=O) groups is 3. The Morgan fingerprint density at radius 1 is 1.11 bits per heavy atom. The standard InChI is InChI=1S/C13H12BrNO4/c14-8-10-3-1-9(2-4-10)7-13(18)19-15-11(16)5-6-12(15)17/h1-4H,5-8H2. The van der Waals surface area contributed by atoms with Crippen molar-refractivity contribution in [2.45, 2.75) is 24.6 Å². The molecule has 0 radical (unpaired) electrons. The smallest absolute Gasteiger partial charge is 0.330 e. The van der Waals surface area contributed by atoms with E-state index in [0.717, 1.165) is 16.5 Å². The number of hydroxylamine groups is 2. The molecule has 1 aromatic rings. The minimum atomic E-state index is -0.616. The zero-order chi connectivity index (χ0) is 13.8. The molecule has 1 aliphatic heterocycles. The number of nitrogens with zero attached hydrogens (tertiary/aromatic N) is 1. The van der Waals surface area contributed by atoms with Crippen LogP contribution in [0, 0.1) is 0 Å². The van der Waals surface area contributed by atoms with Gasteiger partial charge >= 0.3 is 5.97 Å². The highest BCUT2D eigenvalue weighted by Gasteiger charge is 2.32. The predicted octanol–water partition coefficient (Wildman–Crippen LogP) is 1.73. The molecule has 0 unspecified atom stereocenters. The Hall–Kier alpha value is -1.69. The Labute approximate surface area is 118 Å². The van der Waals surface area contributed by atoms with Crippen LogP contribution in [0.4, 0.5) is 0 Å². The number of rotatable bonds is 4. The van der Waals surface area contributed by atoms with Crippen LogP contribution in [0.15, 0.2) is 24.3 Å². The van der Waals surface area contributed by atoms with E-state index in [1.165, 1.54) is 0 Å². The quantitative estimate of drug-likeness (QED) is 0.624. The second-order valence-electron chi connectivity index (χ2n) is 4.17. The number of hydrogen-bond donors (Lipinski definition) is 0. The maximum atomic E-state index is 11.6. The summed E-state index contributed by atoms with van der Waals surface area (Å²) >= 11 is 3.33. The van der Waals surface area contributed by atoms with Crippen molar-refractivity contribution in [1.82, 2.24) is 5.06 Å². The largest absolute Gasteiger partial charge is 0.337 e. The lowest BCUT2D eigenvalue weighted by atomic mass is 10.1. The van der Waals surface area contributed by atoms with Crippen LogP contribution in [-0.2, 0) is 31.0 Å². The second kappa shape index (κ2) is 5.97. The highest BCUT2D eigenvalue weighted by molar-refractivity contribution is 9.08. The summed E-state index contributed by atoms with van der Waals surface area (Å²) in [5.41, 5.74) is 1.87.